The summed E-state index contributed by atoms with van der Waals surface area (Å²) >= 11 is 5.89. The van der Waals surface area contributed by atoms with E-state index in [0.717, 1.165) is 31.2 Å². The summed E-state index contributed by atoms with van der Waals surface area (Å²) in [7, 11) is 0. The fourth-order valence-corrected chi connectivity index (χ4v) is 3.11. The zero-order valence-electron chi connectivity index (χ0n) is 12.6. The average molecular weight is 350 g/mol. The Morgan fingerprint density at radius 3 is 2.39 bits per heavy atom. The van der Waals surface area contributed by atoms with Gasteiger partial charge in [0.25, 0.3) is 0 Å². The molecule has 7 heteroatoms. The summed E-state index contributed by atoms with van der Waals surface area (Å²) < 4.78 is 40.4. The van der Waals surface area contributed by atoms with Gasteiger partial charge in [-0.2, -0.15) is 13.2 Å². The van der Waals surface area contributed by atoms with Crippen LogP contribution in [-0.2, 0) is 14.9 Å². The van der Waals surface area contributed by atoms with Crippen molar-refractivity contribution >= 4 is 17.5 Å². The molecule has 3 nitrogen and oxygen atoms in total. The first kappa shape index (κ1) is 18.1. The van der Waals surface area contributed by atoms with Gasteiger partial charge in [-0.3, -0.25) is 4.79 Å². The smallest absolute Gasteiger partial charge is 0.370 e. The Labute approximate surface area is 138 Å². The van der Waals surface area contributed by atoms with Crippen LogP contribution in [0.15, 0.2) is 24.3 Å². The molecule has 0 aliphatic heterocycles. The Hall–Kier alpha value is -1.27. The van der Waals surface area contributed by atoms with E-state index in [9.17, 15) is 18.0 Å². The van der Waals surface area contributed by atoms with Crippen molar-refractivity contribution in [3.63, 3.8) is 0 Å². The van der Waals surface area contributed by atoms with Crippen molar-refractivity contribution in [1.29, 1.82) is 0 Å². The lowest BCUT2D eigenvalue weighted by Gasteiger charge is -2.28. The van der Waals surface area contributed by atoms with Crippen LogP contribution in [0.4, 0.5) is 13.2 Å². The molecule has 0 saturated heterocycles. The SMILES string of the molecule is O=C(NCCOCC(F)(F)F)C1(c2ccc(Cl)cc2)CCCC1. The van der Waals surface area contributed by atoms with Crippen molar-refractivity contribution < 1.29 is 22.7 Å². The van der Waals surface area contributed by atoms with Gasteiger partial charge < -0.3 is 10.1 Å². The highest BCUT2D eigenvalue weighted by Crippen LogP contribution is 2.41. The molecule has 1 aromatic rings. The second-order valence-electron chi connectivity index (χ2n) is 5.72. The van der Waals surface area contributed by atoms with E-state index >= 15 is 0 Å². The van der Waals surface area contributed by atoms with E-state index in [0.29, 0.717) is 5.02 Å². The first-order valence-electron chi connectivity index (χ1n) is 7.52. The molecule has 1 aliphatic rings. The maximum Gasteiger partial charge on any atom is 0.411 e. The van der Waals surface area contributed by atoms with Crippen molar-refractivity contribution in [2.24, 2.45) is 0 Å². The zero-order valence-corrected chi connectivity index (χ0v) is 13.3. The fraction of sp³-hybridized carbons (Fsp3) is 0.562. The molecule has 1 amide bonds. The van der Waals surface area contributed by atoms with Gasteiger partial charge in [0.1, 0.15) is 6.61 Å². The lowest BCUT2D eigenvalue weighted by atomic mass is 9.78. The number of benzene rings is 1. The summed E-state index contributed by atoms with van der Waals surface area (Å²) in [6, 6.07) is 7.17. The highest BCUT2D eigenvalue weighted by molar-refractivity contribution is 6.30. The number of hydrogen-bond acceptors (Lipinski definition) is 2. The molecule has 1 fully saturated rings. The predicted molar refractivity (Wildman–Crippen MR) is 81.5 cm³/mol. The second kappa shape index (κ2) is 7.53. The number of amides is 1. The molecule has 0 heterocycles. The molecule has 0 radical (unpaired) electrons. The number of hydrogen-bond donors (Lipinski definition) is 1. The number of ether oxygens (including phenoxy) is 1. The van der Waals surface area contributed by atoms with E-state index in [1.165, 1.54) is 0 Å². The van der Waals surface area contributed by atoms with Gasteiger partial charge in [-0.25, -0.2) is 0 Å². The first-order valence-corrected chi connectivity index (χ1v) is 7.90. The third-order valence-electron chi connectivity index (χ3n) is 4.09. The van der Waals surface area contributed by atoms with E-state index in [4.69, 9.17) is 11.6 Å². The van der Waals surface area contributed by atoms with Gasteiger partial charge in [0.05, 0.1) is 12.0 Å². The molecule has 1 aromatic carbocycles. The van der Waals surface area contributed by atoms with E-state index in [1.54, 1.807) is 12.1 Å². The van der Waals surface area contributed by atoms with Crippen LogP contribution >= 0.6 is 11.6 Å². The molecule has 1 saturated carbocycles. The summed E-state index contributed by atoms with van der Waals surface area (Å²) in [4.78, 5) is 12.6. The Morgan fingerprint density at radius 2 is 1.83 bits per heavy atom. The highest BCUT2D eigenvalue weighted by Gasteiger charge is 2.42. The molecule has 1 N–H and O–H groups in total. The van der Waals surface area contributed by atoms with Crippen LogP contribution in [0.1, 0.15) is 31.2 Å². The van der Waals surface area contributed by atoms with E-state index in [2.05, 4.69) is 10.1 Å². The third kappa shape index (κ3) is 4.85. The monoisotopic (exact) mass is 349 g/mol. The van der Waals surface area contributed by atoms with Crippen LogP contribution in [0.2, 0.25) is 5.02 Å². The minimum atomic E-state index is -4.35. The summed E-state index contributed by atoms with van der Waals surface area (Å²) in [5.41, 5.74) is 0.280. The summed E-state index contributed by atoms with van der Waals surface area (Å²) in [5, 5.41) is 3.30. The van der Waals surface area contributed by atoms with Crippen LogP contribution in [-0.4, -0.2) is 31.8 Å². The Kier molecular flexibility index (Phi) is 5.92. The van der Waals surface area contributed by atoms with Gasteiger partial charge in [-0.1, -0.05) is 36.6 Å². The molecule has 128 valence electrons. The van der Waals surface area contributed by atoms with Crippen LogP contribution in [0, 0.1) is 0 Å². The van der Waals surface area contributed by atoms with Crippen LogP contribution in [0.5, 0.6) is 0 Å². The Morgan fingerprint density at radius 1 is 1.22 bits per heavy atom. The Balaban J connectivity index is 1.93. The van der Waals surface area contributed by atoms with Gasteiger partial charge in [-0.05, 0) is 30.5 Å². The minimum Gasteiger partial charge on any atom is -0.370 e. The van der Waals surface area contributed by atoms with E-state index < -0.39 is 18.2 Å². The first-order chi connectivity index (χ1) is 10.8. The number of carbonyl (C=O) groups excluding carboxylic acids is 1. The molecular weight excluding hydrogens is 331 g/mol. The van der Waals surface area contributed by atoms with Crippen molar-refractivity contribution in [3.8, 4) is 0 Å². The van der Waals surface area contributed by atoms with Crippen molar-refractivity contribution in [2.75, 3.05) is 19.8 Å². The minimum absolute atomic E-state index is 0.0598. The number of alkyl halides is 3. The lowest BCUT2D eigenvalue weighted by Crippen LogP contribution is -2.43. The normalized spacial score (nSPS) is 17.2. The standard InChI is InChI=1S/C16H19ClF3NO2/c17-13-5-3-12(4-6-13)15(7-1-2-8-15)14(22)21-9-10-23-11-16(18,19)20/h3-6H,1-2,7-11H2,(H,21,22). The van der Waals surface area contributed by atoms with Crippen LogP contribution in [0.3, 0.4) is 0 Å². The van der Waals surface area contributed by atoms with Crippen molar-refractivity contribution in [2.45, 2.75) is 37.3 Å². The van der Waals surface area contributed by atoms with Gasteiger partial charge in [0.15, 0.2) is 0 Å². The molecule has 0 bridgehead atoms. The third-order valence-corrected chi connectivity index (χ3v) is 4.34. The molecule has 2 rings (SSSR count). The molecule has 23 heavy (non-hydrogen) atoms. The fourth-order valence-electron chi connectivity index (χ4n) is 2.99. The molecule has 1 aliphatic carbocycles. The van der Waals surface area contributed by atoms with Gasteiger partial charge in [-0.15, -0.1) is 0 Å². The van der Waals surface area contributed by atoms with E-state index in [-0.39, 0.29) is 19.1 Å². The maximum absolute atomic E-state index is 12.6. The van der Waals surface area contributed by atoms with Crippen molar-refractivity contribution in [3.05, 3.63) is 34.9 Å². The largest absolute Gasteiger partial charge is 0.411 e. The summed E-state index contributed by atoms with van der Waals surface area (Å²) in [6.07, 6.45) is -1.00. The molecular formula is C16H19ClF3NO2. The Bertz CT molecular complexity index is 525. The number of halogens is 4. The number of nitrogens with one attached hydrogen (secondary N) is 1. The average Bonchev–Trinajstić information content (AvgIpc) is 2.97. The topological polar surface area (TPSA) is 38.3 Å². The molecule has 0 atom stereocenters. The van der Waals surface area contributed by atoms with Gasteiger partial charge in [0, 0.05) is 11.6 Å². The lowest BCUT2D eigenvalue weighted by molar-refractivity contribution is -0.173. The zero-order chi connectivity index (χ0) is 16.9. The number of rotatable bonds is 6. The second-order valence-corrected chi connectivity index (χ2v) is 6.16. The molecule has 0 aromatic heterocycles. The highest BCUT2D eigenvalue weighted by atomic mass is 35.5. The quantitative estimate of drug-likeness (QED) is 0.792. The molecule has 0 spiro atoms. The van der Waals surface area contributed by atoms with Crippen LogP contribution in [0.25, 0.3) is 0 Å². The van der Waals surface area contributed by atoms with Crippen LogP contribution < -0.4 is 5.32 Å². The van der Waals surface area contributed by atoms with Gasteiger partial charge in [0.2, 0.25) is 5.91 Å². The van der Waals surface area contributed by atoms with E-state index in [1.807, 2.05) is 12.1 Å². The van der Waals surface area contributed by atoms with Crippen molar-refractivity contribution in [1.82, 2.24) is 5.32 Å². The van der Waals surface area contributed by atoms with Gasteiger partial charge >= 0.3 is 6.18 Å². The number of carbonyl (C=O) groups is 1. The molecule has 0 unspecified atom stereocenters. The maximum atomic E-state index is 12.6. The summed E-state index contributed by atoms with van der Waals surface area (Å²) in [6.45, 7) is -1.41. The predicted octanol–water partition coefficient (Wildman–Crippen LogP) is 3.85. The summed E-state index contributed by atoms with van der Waals surface area (Å²) in [5.74, 6) is -0.159.